The number of thiophene rings is 2. The van der Waals surface area contributed by atoms with Crippen LogP contribution in [0.2, 0.25) is 0 Å². The van der Waals surface area contributed by atoms with Gasteiger partial charge in [-0.15, -0.1) is 11.3 Å². The Morgan fingerprint density at radius 1 is 1.19 bits per heavy atom. The van der Waals surface area contributed by atoms with Crippen molar-refractivity contribution in [3.05, 3.63) is 39.4 Å². The molecular weight excluding hydrogens is 324 g/mol. The van der Waals surface area contributed by atoms with E-state index in [1.807, 2.05) is 22.2 Å². The van der Waals surface area contributed by atoms with Gasteiger partial charge in [-0.05, 0) is 58.8 Å². The monoisotopic (exact) mass is 344 g/mol. The van der Waals surface area contributed by atoms with E-state index in [0.717, 1.165) is 31.5 Å². The average molecular weight is 345 g/mol. The van der Waals surface area contributed by atoms with Gasteiger partial charge in [-0.25, -0.2) is 13.1 Å². The molecule has 0 radical (unpaired) electrons. The Kier molecular flexibility index (Phi) is 6.38. The zero-order chi connectivity index (χ0) is 15.1. The minimum absolute atomic E-state index is 0.390. The van der Waals surface area contributed by atoms with Crippen LogP contribution in [0.5, 0.6) is 0 Å². The molecule has 2 N–H and O–H groups in total. The van der Waals surface area contributed by atoms with E-state index in [4.69, 9.17) is 0 Å². The fraction of sp³-hybridized carbons (Fsp3) is 0.429. The first-order valence-corrected chi connectivity index (χ1v) is 10.2. The summed E-state index contributed by atoms with van der Waals surface area (Å²) in [6.45, 7) is 4.19. The Labute approximate surface area is 134 Å². The van der Waals surface area contributed by atoms with E-state index in [-0.39, 0.29) is 0 Å². The fourth-order valence-electron chi connectivity index (χ4n) is 1.83. The van der Waals surface area contributed by atoms with Crippen molar-refractivity contribution in [1.82, 2.24) is 10.0 Å². The van der Waals surface area contributed by atoms with Crippen LogP contribution in [0.25, 0.3) is 0 Å². The highest BCUT2D eigenvalue weighted by Gasteiger charge is 2.16. The highest BCUT2D eigenvalue weighted by molar-refractivity contribution is 7.91. The zero-order valence-electron chi connectivity index (χ0n) is 12.0. The molecule has 21 heavy (non-hydrogen) atoms. The van der Waals surface area contributed by atoms with Crippen molar-refractivity contribution in [2.75, 3.05) is 13.1 Å². The van der Waals surface area contributed by atoms with Crippen molar-refractivity contribution >= 4 is 32.7 Å². The maximum atomic E-state index is 12.2. The Bertz CT molecular complexity index is 633. The third-order valence-electron chi connectivity index (χ3n) is 2.94. The lowest BCUT2D eigenvalue weighted by atomic mass is 10.2. The van der Waals surface area contributed by atoms with Crippen molar-refractivity contribution in [2.24, 2.45) is 0 Å². The Hall–Kier alpha value is -0.730. The number of hydrogen-bond donors (Lipinski definition) is 2. The van der Waals surface area contributed by atoms with Gasteiger partial charge in [0.15, 0.2) is 0 Å². The van der Waals surface area contributed by atoms with Crippen molar-refractivity contribution in [2.45, 2.75) is 30.5 Å². The number of hydrogen-bond acceptors (Lipinski definition) is 5. The summed E-state index contributed by atoms with van der Waals surface area (Å²) in [4.78, 5) is 0. The van der Waals surface area contributed by atoms with Crippen LogP contribution in [0.4, 0.5) is 0 Å². The lowest BCUT2D eigenvalue weighted by molar-refractivity contribution is 0.583. The van der Waals surface area contributed by atoms with E-state index in [1.165, 1.54) is 16.9 Å². The lowest BCUT2D eigenvalue weighted by Crippen LogP contribution is -2.25. The van der Waals surface area contributed by atoms with Crippen LogP contribution < -0.4 is 10.0 Å². The predicted octanol–water partition coefficient (Wildman–Crippen LogP) is 2.83. The van der Waals surface area contributed by atoms with Crippen molar-refractivity contribution in [3.63, 3.8) is 0 Å². The van der Waals surface area contributed by atoms with Gasteiger partial charge in [0.2, 0.25) is 10.0 Å². The Morgan fingerprint density at radius 2 is 2.05 bits per heavy atom. The first-order valence-electron chi connectivity index (χ1n) is 6.90. The molecule has 0 aliphatic heterocycles. The van der Waals surface area contributed by atoms with Crippen LogP contribution >= 0.6 is 22.7 Å². The molecule has 0 aliphatic rings. The molecule has 0 bridgehead atoms. The van der Waals surface area contributed by atoms with Gasteiger partial charge in [0, 0.05) is 13.1 Å². The molecule has 0 aliphatic carbocycles. The van der Waals surface area contributed by atoms with Gasteiger partial charge >= 0.3 is 0 Å². The summed E-state index contributed by atoms with van der Waals surface area (Å²) in [6.07, 6.45) is 1.79. The van der Waals surface area contributed by atoms with E-state index < -0.39 is 10.0 Å². The van der Waals surface area contributed by atoms with E-state index in [9.17, 15) is 8.42 Å². The minimum Gasteiger partial charge on any atom is -0.313 e. The highest BCUT2D eigenvalue weighted by atomic mass is 32.2. The molecule has 0 fully saturated rings. The van der Waals surface area contributed by atoms with E-state index >= 15 is 0 Å². The minimum atomic E-state index is -3.38. The van der Waals surface area contributed by atoms with E-state index in [1.54, 1.807) is 17.4 Å². The van der Waals surface area contributed by atoms with Gasteiger partial charge in [-0.3, -0.25) is 0 Å². The van der Waals surface area contributed by atoms with Crippen LogP contribution in [0.1, 0.15) is 24.5 Å². The average Bonchev–Trinajstić information content (AvgIpc) is 3.10. The summed E-state index contributed by atoms with van der Waals surface area (Å²) in [5, 5.41) is 9.21. The van der Waals surface area contributed by atoms with E-state index in [2.05, 4.69) is 17.0 Å². The number of nitrogens with one attached hydrogen (secondary N) is 2. The van der Waals surface area contributed by atoms with Crippen LogP contribution in [0, 0.1) is 0 Å². The normalized spacial score (nSPS) is 11.9. The molecular formula is C14H20N2O2S3. The second kappa shape index (κ2) is 8.05. The molecule has 4 nitrogen and oxygen atoms in total. The lowest BCUT2D eigenvalue weighted by Gasteiger charge is -2.03. The van der Waals surface area contributed by atoms with Gasteiger partial charge in [0.1, 0.15) is 4.21 Å². The molecule has 0 aromatic carbocycles. The summed E-state index contributed by atoms with van der Waals surface area (Å²) >= 11 is 2.90. The summed E-state index contributed by atoms with van der Waals surface area (Å²) < 4.78 is 27.4. The van der Waals surface area contributed by atoms with Crippen molar-refractivity contribution in [1.29, 1.82) is 0 Å². The van der Waals surface area contributed by atoms with Gasteiger partial charge in [0.05, 0.1) is 0 Å². The number of rotatable bonds is 9. The van der Waals surface area contributed by atoms with E-state index in [0.29, 0.717) is 10.8 Å². The quantitative estimate of drug-likeness (QED) is 0.688. The third kappa shape index (κ3) is 5.19. The van der Waals surface area contributed by atoms with Gasteiger partial charge in [0.25, 0.3) is 0 Å². The summed E-state index contributed by atoms with van der Waals surface area (Å²) in [5.41, 5.74) is 2.19. The molecule has 2 rings (SSSR count). The smallest absolute Gasteiger partial charge is 0.250 e. The fourth-order valence-corrected chi connectivity index (χ4v) is 4.82. The summed E-state index contributed by atoms with van der Waals surface area (Å²) in [7, 11) is -3.38. The molecule has 116 valence electrons. The number of sulfonamides is 1. The molecule has 0 spiro atoms. The molecule has 2 aromatic heterocycles. The molecule has 0 saturated heterocycles. The molecule has 0 atom stereocenters. The second-order valence-corrected chi connectivity index (χ2v) is 8.42. The summed E-state index contributed by atoms with van der Waals surface area (Å²) in [5.74, 6) is 0. The van der Waals surface area contributed by atoms with Crippen LogP contribution in [0.3, 0.4) is 0 Å². The molecule has 2 aromatic rings. The van der Waals surface area contributed by atoms with Gasteiger partial charge in [-0.1, -0.05) is 6.92 Å². The molecule has 0 amide bonds. The van der Waals surface area contributed by atoms with Gasteiger partial charge < -0.3 is 5.32 Å². The maximum Gasteiger partial charge on any atom is 0.250 e. The molecule has 2 heterocycles. The van der Waals surface area contributed by atoms with Crippen molar-refractivity contribution in [3.8, 4) is 0 Å². The second-order valence-electron chi connectivity index (χ2n) is 4.73. The molecule has 0 saturated carbocycles. The molecule has 0 unspecified atom stereocenters. The topological polar surface area (TPSA) is 58.2 Å². The highest BCUT2D eigenvalue weighted by Crippen LogP contribution is 2.20. The standard InChI is InChI=1S/C14H20N2O2S3/c1-2-5-15-9-13-8-14(20-11-13)21(17,18)16-6-3-12-4-7-19-10-12/h4,7-8,10-11,15-16H,2-3,5-6,9H2,1H3. The van der Waals surface area contributed by atoms with Crippen molar-refractivity contribution < 1.29 is 8.42 Å². The zero-order valence-corrected chi connectivity index (χ0v) is 14.4. The predicted molar refractivity (Wildman–Crippen MR) is 89.5 cm³/mol. The van der Waals surface area contributed by atoms with Crippen LogP contribution in [-0.2, 0) is 23.0 Å². The SMILES string of the molecule is CCCNCc1csc(S(=O)(=O)NCCc2ccsc2)c1. The van der Waals surface area contributed by atoms with Crippen LogP contribution in [0.15, 0.2) is 32.5 Å². The first kappa shape index (κ1) is 16.6. The Balaban J connectivity index is 1.86. The third-order valence-corrected chi connectivity index (χ3v) is 6.62. The van der Waals surface area contributed by atoms with Crippen LogP contribution in [-0.4, -0.2) is 21.5 Å². The Morgan fingerprint density at radius 3 is 2.76 bits per heavy atom. The van der Waals surface area contributed by atoms with Gasteiger partial charge in [-0.2, -0.15) is 11.3 Å². The maximum absolute atomic E-state index is 12.2. The largest absolute Gasteiger partial charge is 0.313 e. The summed E-state index contributed by atoms with van der Waals surface area (Å²) in [6, 6.07) is 3.77. The first-order chi connectivity index (χ1) is 10.1. The molecule has 7 heteroatoms.